The van der Waals surface area contributed by atoms with Crippen molar-refractivity contribution in [3.63, 3.8) is 0 Å². The molecule has 9 nitrogen and oxygen atoms in total. The number of hydrogen-bond acceptors (Lipinski definition) is 7. The maximum absolute atomic E-state index is 13.2. The summed E-state index contributed by atoms with van der Waals surface area (Å²) in [6.45, 7) is 2.38. The lowest BCUT2D eigenvalue weighted by atomic mass is 9.90. The Morgan fingerprint density at radius 1 is 1.08 bits per heavy atom. The van der Waals surface area contributed by atoms with Gasteiger partial charge in [-0.15, -0.1) is 0 Å². The number of nitro benzene ring substituents is 1. The van der Waals surface area contributed by atoms with Gasteiger partial charge in [-0.1, -0.05) is 36.4 Å². The molecule has 1 aliphatic rings. The standard InChI is InChI=1S/C27H26N4O5/c1-4-36-27(33)18-11-13-21-22(14-18)29-26(32)24(21)25(17-8-6-5-7-9-17)28-20-12-10-19(16-30(2)3)23(15-20)31(34)35/h5-15,24H,4,16H2,1-3H3,(H,29,32). The normalized spacial score (nSPS) is 14.9. The first-order valence-electron chi connectivity index (χ1n) is 11.5. The molecule has 0 spiro atoms. The Morgan fingerprint density at radius 3 is 2.50 bits per heavy atom. The van der Waals surface area contributed by atoms with Crippen molar-refractivity contribution in [2.75, 3.05) is 26.0 Å². The Hall–Kier alpha value is -4.37. The van der Waals surface area contributed by atoms with Gasteiger partial charge in [0.05, 0.1) is 28.5 Å². The number of amides is 1. The number of fused-ring (bicyclic) bond motifs is 1. The molecule has 1 heterocycles. The number of nitrogens with one attached hydrogen (secondary N) is 1. The first-order valence-corrected chi connectivity index (χ1v) is 11.5. The molecule has 1 amide bonds. The molecule has 0 saturated heterocycles. The van der Waals surface area contributed by atoms with Crippen molar-refractivity contribution in [2.24, 2.45) is 4.99 Å². The molecule has 3 aromatic rings. The molecule has 36 heavy (non-hydrogen) atoms. The van der Waals surface area contributed by atoms with Gasteiger partial charge in [-0.3, -0.25) is 19.9 Å². The van der Waals surface area contributed by atoms with Gasteiger partial charge in [-0.05, 0) is 56.4 Å². The monoisotopic (exact) mass is 486 g/mol. The number of carbonyl (C=O) groups excluding carboxylic acids is 2. The summed E-state index contributed by atoms with van der Waals surface area (Å²) in [5.41, 5.74) is 3.56. The highest BCUT2D eigenvalue weighted by Crippen LogP contribution is 2.37. The third-order valence-electron chi connectivity index (χ3n) is 5.74. The zero-order valence-electron chi connectivity index (χ0n) is 20.2. The van der Waals surface area contributed by atoms with Crippen LogP contribution in [-0.2, 0) is 16.1 Å². The van der Waals surface area contributed by atoms with Gasteiger partial charge in [-0.25, -0.2) is 4.79 Å². The van der Waals surface area contributed by atoms with Crippen LogP contribution < -0.4 is 5.32 Å². The SMILES string of the molecule is CCOC(=O)c1ccc2c(c1)NC(=O)C2C(=Nc1ccc(CN(C)C)c([N+](=O)[O-])c1)c1ccccc1. The van der Waals surface area contributed by atoms with Crippen LogP contribution in [0.5, 0.6) is 0 Å². The summed E-state index contributed by atoms with van der Waals surface area (Å²) in [7, 11) is 3.68. The Bertz CT molecular complexity index is 1350. The summed E-state index contributed by atoms with van der Waals surface area (Å²) in [6.07, 6.45) is 0. The van der Waals surface area contributed by atoms with Crippen LogP contribution in [0, 0.1) is 10.1 Å². The van der Waals surface area contributed by atoms with E-state index in [1.807, 2.05) is 49.3 Å². The van der Waals surface area contributed by atoms with Crippen LogP contribution in [0.2, 0.25) is 0 Å². The lowest BCUT2D eigenvalue weighted by Gasteiger charge is -2.15. The van der Waals surface area contributed by atoms with Gasteiger partial charge in [0.2, 0.25) is 5.91 Å². The van der Waals surface area contributed by atoms with E-state index in [0.717, 1.165) is 0 Å². The second kappa shape index (κ2) is 10.5. The number of rotatable bonds is 8. The van der Waals surface area contributed by atoms with Crippen LogP contribution in [0.3, 0.4) is 0 Å². The Morgan fingerprint density at radius 2 is 1.83 bits per heavy atom. The predicted molar refractivity (Wildman–Crippen MR) is 137 cm³/mol. The Labute approximate surface area is 208 Å². The molecule has 0 radical (unpaired) electrons. The highest BCUT2D eigenvalue weighted by molar-refractivity contribution is 6.24. The number of benzene rings is 3. The molecule has 1 aliphatic heterocycles. The van der Waals surface area contributed by atoms with Gasteiger partial charge >= 0.3 is 5.97 Å². The van der Waals surface area contributed by atoms with Crippen molar-refractivity contribution in [2.45, 2.75) is 19.4 Å². The first-order chi connectivity index (χ1) is 17.3. The van der Waals surface area contributed by atoms with Gasteiger partial charge in [-0.2, -0.15) is 0 Å². The summed E-state index contributed by atoms with van der Waals surface area (Å²) >= 11 is 0. The lowest BCUT2D eigenvalue weighted by Crippen LogP contribution is -2.22. The van der Waals surface area contributed by atoms with Crippen LogP contribution in [0.1, 0.15) is 39.9 Å². The molecular formula is C27H26N4O5. The summed E-state index contributed by atoms with van der Waals surface area (Å²) < 4.78 is 5.07. The fraction of sp³-hybridized carbons (Fsp3) is 0.222. The average molecular weight is 487 g/mol. The molecule has 1 atom stereocenters. The van der Waals surface area contributed by atoms with Crippen molar-refractivity contribution in [1.82, 2.24) is 4.90 Å². The largest absolute Gasteiger partial charge is 0.462 e. The fourth-order valence-corrected chi connectivity index (χ4v) is 4.19. The molecule has 0 bridgehead atoms. The minimum absolute atomic E-state index is 0.0345. The molecule has 9 heteroatoms. The Balaban J connectivity index is 1.82. The lowest BCUT2D eigenvalue weighted by molar-refractivity contribution is -0.385. The van der Waals surface area contributed by atoms with Crippen LogP contribution in [0.25, 0.3) is 0 Å². The van der Waals surface area contributed by atoms with E-state index < -0.39 is 16.8 Å². The number of ether oxygens (including phenoxy) is 1. The third-order valence-corrected chi connectivity index (χ3v) is 5.74. The van der Waals surface area contributed by atoms with Crippen LogP contribution in [0.15, 0.2) is 71.7 Å². The van der Waals surface area contributed by atoms with Crippen molar-refractivity contribution < 1.29 is 19.2 Å². The number of nitro groups is 1. The van der Waals surface area contributed by atoms with E-state index in [2.05, 4.69) is 5.32 Å². The summed E-state index contributed by atoms with van der Waals surface area (Å²) in [4.78, 5) is 43.3. The molecule has 0 fully saturated rings. The van der Waals surface area contributed by atoms with E-state index in [9.17, 15) is 19.7 Å². The minimum Gasteiger partial charge on any atom is -0.462 e. The number of aliphatic imine (C=N–C) groups is 1. The van der Waals surface area contributed by atoms with Crippen LogP contribution in [0.4, 0.5) is 17.1 Å². The van der Waals surface area contributed by atoms with Crippen molar-refractivity contribution >= 4 is 34.7 Å². The third kappa shape index (κ3) is 5.16. The molecule has 0 aliphatic carbocycles. The Kier molecular flexibility index (Phi) is 7.21. The van der Waals surface area contributed by atoms with E-state index >= 15 is 0 Å². The minimum atomic E-state index is -0.765. The van der Waals surface area contributed by atoms with E-state index in [1.165, 1.54) is 6.07 Å². The summed E-state index contributed by atoms with van der Waals surface area (Å²) in [5.74, 6) is -1.54. The molecule has 0 saturated carbocycles. The smallest absolute Gasteiger partial charge is 0.338 e. The summed E-state index contributed by atoms with van der Waals surface area (Å²) in [5, 5.41) is 14.6. The van der Waals surface area contributed by atoms with Crippen LogP contribution in [-0.4, -0.2) is 48.1 Å². The van der Waals surface area contributed by atoms with Gasteiger partial charge in [0.1, 0.15) is 5.92 Å². The van der Waals surface area contributed by atoms with Gasteiger partial charge in [0.15, 0.2) is 0 Å². The quantitative estimate of drug-likeness (QED) is 0.214. The van der Waals surface area contributed by atoms with Crippen molar-refractivity contribution in [1.29, 1.82) is 0 Å². The predicted octanol–water partition coefficient (Wildman–Crippen LogP) is 4.69. The summed E-state index contributed by atoms with van der Waals surface area (Å²) in [6, 6.07) is 19.0. The number of hydrogen-bond donors (Lipinski definition) is 1. The van der Waals surface area contributed by atoms with Gasteiger partial charge in [0.25, 0.3) is 5.69 Å². The highest BCUT2D eigenvalue weighted by Gasteiger charge is 2.36. The first kappa shape index (κ1) is 24.7. The second-order valence-electron chi connectivity index (χ2n) is 8.62. The molecular weight excluding hydrogens is 460 g/mol. The number of esters is 1. The van der Waals surface area contributed by atoms with Gasteiger partial charge < -0.3 is 15.0 Å². The van der Waals surface area contributed by atoms with Crippen molar-refractivity contribution in [3.8, 4) is 0 Å². The zero-order chi connectivity index (χ0) is 25.8. The molecule has 1 N–H and O–H groups in total. The molecule has 3 aromatic carbocycles. The number of anilines is 1. The molecule has 1 unspecified atom stereocenters. The highest BCUT2D eigenvalue weighted by atomic mass is 16.6. The second-order valence-corrected chi connectivity index (χ2v) is 8.62. The number of nitrogens with zero attached hydrogens (tertiary/aromatic N) is 3. The van der Waals surface area contributed by atoms with E-state index in [0.29, 0.717) is 45.9 Å². The average Bonchev–Trinajstić information content (AvgIpc) is 3.18. The van der Waals surface area contributed by atoms with E-state index in [4.69, 9.17) is 9.73 Å². The van der Waals surface area contributed by atoms with E-state index in [-0.39, 0.29) is 18.2 Å². The van der Waals surface area contributed by atoms with E-state index in [1.54, 1.807) is 37.3 Å². The maximum atomic E-state index is 13.2. The zero-order valence-corrected chi connectivity index (χ0v) is 20.2. The molecule has 184 valence electrons. The molecule has 4 rings (SSSR count). The molecule has 0 aromatic heterocycles. The fourth-order valence-electron chi connectivity index (χ4n) is 4.19. The van der Waals surface area contributed by atoms with Gasteiger partial charge in [0, 0.05) is 23.9 Å². The van der Waals surface area contributed by atoms with Crippen molar-refractivity contribution in [3.05, 3.63) is 99.1 Å². The maximum Gasteiger partial charge on any atom is 0.338 e. The number of carbonyl (C=O) groups is 2. The topological polar surface area (TPSA) is 114 Å². The van der Waals surface area contributed by atoms with Crippen LogP contribution >= 0.6 is 0 Å².